The van der Waals surface area contributed by atoms with E-state index in [4.69, 9.17) is 11.1 Å². The molecule has 0 radical (unpaired) electrons. The van der Waals surface area contributed by atoms with Crippen LogP contribution in [0.1, 0.15) is 27.2 Å². The summed E-state index contributed by atoms with van der Waals surface area (Å²) in [5.41, 5.74) is 6.54. The van der Waals surface area contributed by atoms with Gasteiger partial charge in [-0.1, -0.05) is 20.8 Å². The second-order valence-corrected chi connectivity index (χ2v) is 3.77. The zero-order valence-corrected chi connectivity index (χ0v) is 7.44. The molecule has 0 saturated carbocycles. The van der Waals surface area contributed by atoms with Gasteiger partial charge in [0.2, 0.25) is 0 Å². The van der Waals surface area contributed by atoms with Gasteiger partial charge in [0.05, 0.1) is 0 Å². The molecule has 0 aromatic rings. The third kappa shape index (κ3) is 5.43. The molecule has 2 nitrogen and oxygen atoms in total. The molecule has 0 aliphatic carbocycles. The van der Waals surface area contributed by atoms with Gasteiger partial charge >= 0.3 is 0 Å². The fourth-order valence-corrected chi connectivity index (χ4v) is 0.863. The number of rotatable bonds is 2. The summed E-state index contributed by atoms with van der Waals surface area (Å²) >= 11 is 0. The number of nitrogens with two attached hydrogens (primary N) is 1. The molecule has 0 amide bonds. The van der Waals surface area contributed by atoms with Gasteiger partial charge in [-0.05, 0) is 29.5 Å². The Morgan fingerprint density at radius 3 is 2.36 bits per heavy atom. The standard InChI is InChI=1S/C9H16N2/c1-9(2,3)6-8(7-11)4-5-10/h4,7,10H,6,11H2,1-3H3/b8-7+. The Bertz CT molecular complexity index is 190. The van der Waals surface area contributed by atoms with E-state index in [1.54, 1.807) is 6.08 Å². The summed E-state index contributed by atoms with van der Waals surface area (Å²) < 4.78 is 0. The van der Waals surface area contributed by atoms with E-state index in [0.717, 1.165) is 12.0 Å². The minimum atomic E-state index is 0.221. The summed E-state index contributed by atoms with van der Waals surface area (Å²) in [7, 11) is 0. The van der Waals surface area contributed by atoms with Crippen molar-refractivity contribution < 1.29 is 0 Å². The van der Waals surface area contributed by atoms with Crippen LogP contribution in [0.25, 0.3) is 0 Å². The predicted molar refractivity (Wildman–Crippen MR) is 48.6 cm³/mol. The van der Waals surface area contributed by atoms with Crippen LogP contribution >= 0.6 is 0 Å². The lowest BCUT2D eigenvalue weighted by Crippen LogP contribution is -2.06. The number of hydrogen-bond acceptors (Lipinski definition) is 2. The number of nitrogens with one attached hydrogen (secondary N) is 1. The van der Waals surface area contributed by atoms with E-state index in [1.807, 2.05) is 0 Å². The van der Waals surface area contributed by atoms with Crippen molar-refractivity contribution in [2.75, 3.05) is 0 Å². The van der Waals surface area contributed by atoms with Crippen LogP contribution in [-0.2, 0) is 0 Å². The summed E-state index contributed by atoms with van der Waals surface area (Å²) in [5, 5.41) is 6.74. The van der Waals surface area contributed by atoms with Gasteiger partial charge < -0.3 is 5.73 Å². The first kappa shape index (κ1) is 9.99. The summed E-state index contributed by atoms with van der Waals surface area (Å²) in [5.74, 6) is 2.22. The van der Waals surface area contributed by atoms with E-state index >= 15 is 0 Å². The molecule has 0 spiro atoms. The van der Waals surface area contributed by atoms with Crippen LogP contribution < -0.4 is 5.73 Å². The molecular weight excluding hydrogens is 136 g/mol. The lowest BCUT2D eigenvalue weighted by molar-refractivity contribution is 0.413. The van der Waals surface area contributed by atoms with Gasteiger partial charge in [-0.2, -0.15) is 0 Å². The highest BCUT2D eigenvalue weighted by Gasteiger charge is 2.10. The predicted octanol–water partition coefficient (Wildman–Crippen LogP) is 2.07. The van der Waals surface area contributed by atoms with E-state index in [9.17, 15) is 0 Å². The molecule has 0 unspecified atom stereocenters. The Kier molecular flexibility index (Phi) is 3.63. The summed E-state index contributed by atoms with van der Waals surface area (Å²) in [6, 6.07) is 0. The van der Waals surface area contributed by atoms with Gasteiger partial charge in [-0.15, -0.1) is 0 Å². The van der Waals surface area contributed by atoms with Crippen LogP contribution in [0.5, 0.6) is 0 Å². The van der Waals surface area contributed by atoms with Crippen LogP contribution in [0, 0.1) is 10.8 Å². The molecule has 2 heteroatoms. The highest BCUT2D eigenvalue weighted by atomic mass is 14.5. The Labute approximate surface area is 68.3 Å². The van der Waals surface area contributed by atoms with Gasteiger partial charge in [0.15, 0.2) is 0 Å². The zero-order chi connectivity index (χ0) is 8.91. The number of allylic oxidation sites excluding steroid dienone is 2. The van der Waals surface area contributed by atoms with Gasteiger partial charge in [0.25, 0.3) is 0 Å². The molecule has 0 rings (SSSR count). The van der Waals surface area contributed by atoms with E-state index < -0.39 is 0 Å². The Balaban J connectivity index is 4.23. The van der Waals surface area contributed by atoms with E-state index in [0.29, 0.717) is 0 Å². The minimum Gasteiger partial charge on any atom is -0.404 e. The molecule has 62 valence electrons. The van der Waals surface area contributed by atoms with Crippen molar-refractivity contribution in [1.82, 2.24) is 0 Å². The van der Waals surface area contributed by atoms with Crippen molar-refractivity contribution in [3.05, 3.63) is 17.8 Å². The molecule has 0 aromatic carbocycles. The van der Waals surface area contributed by atoms with Crippen LogP contribution in [0.15, 0.2) is 17.8 Å². The number of hydrogen-bond donors (Lipinski definition) is 2. The quantitative estimate of drug-likeness (QED) is 0.462. The summed E-state index contributed by atoms with van der Waals surface area (Å²) in [6.45, 7) is 6.40. The highest BCUT2D eigenvalue weighted by Crippen LogP contribution is 2.23. The van der Waals surface area contributed by atoms with Gasteiger partial charge in [0.1, 0.15) is 0 Å². The summed E-state index contributed by atoms with van der Waals surface area (Å²) in [4.78, 5) is 0. The Hall–Kier alpha value is -1.01. The fraction of sp³-hybridized carbons (Fsp3) is 0.556. The first-order valence-electron chi connectivity index (χ1n) is 3.66. The lowest BCUT2D eigenvalue weighted by atomic mass is 9.88. The molecular formula is C9H16N2. The Morgan fingerprint density at radius 1 is 1.55 bits per heavy atom. The molecule has 0 aromatic heterocycles. The van der Waals surface area contributed by atoms with E-state index in [1.165, 1.54) is 6.20 Å². The fourth-order valence-electron chi connectivity index (χ4n) is 0.863. The molecule has 0 aliphatic heterocycles. The molecule has 0 saturated heterocycles. The van der Waals surface area contributed by atoms with Crippen LogP contribution in [0.3, 0.4) is 0 Å². The molecule has 0 aliphatic rings. The van der Waals surface area contributed by atoms with Gasteiger partial charge in [-0.3, -0.25) is 5.41 Å². The van der Waals surface area contributed by atoms with Crippen molar-refractivity contribution in [3.63, 3.8) is 0 Å². The maximum Gasteiger partial charge on any atom is 0.00364 e. The van der Waals surface area contributed by atoms with Crippen molar-refractivity contribution in [3.8, 4) is 0 Å². The lowest BCUT2D eigenvalue weighted by Gasteiger charge is -2.17. The van der Waals surface area contributed by atoms with Crippen molar-refractivity contribution >= 4 is 5.87 Å². The van der Waals surface area contributed by atoms with Crippen LogP contribution in [0.4, 0.5) is 0 Å². The normalized spacial score (nSPS) is 12.5. The second kappa shape index (κ2) is 3.99. The molecule has 0 heterocycles. The van der Waals surface area contributed by atoms with E-state index in [-0.39, 0.29) is 5.41 Å². The largest absolute Gasteiger partial charge is 0.404 e. The highest BCUT2D eigenvalue weighted by molar-refractivity contribution is 5.53. The second-order valence-electron chi connectivity index (χ2n) is 3.77. The van der Waals surface area contributed by atoms with Crippen molar-refractivity contribution in [1.29, 1.82) is 5.41 Å². The SMILES string of the molecule is CC(C)(C)C/C(C=C=N)=C/N. The van der Waals surface area contributed by atoms with Crippen LogP contribution in [0.2, 0.25) is 0 Å². The van der Waals surface area contributed by atoms with Crippen molar-refractivity contribution in [2.45, 2.75) is 27.2 Å². The minimum absolute atomic E-state index is 0.221. The zero-order valence-electron chi connectivity index (χ0n) is 7.44. The average molecular weight is 152 g/mol. The van der Waals surface area contributed by atoms with Gasteiger partial charge in [0, 0.05) is 6.08 Å². The molecule has 3 N–H and O–H groups in total. The molecule has 11 heavy (non-hydrogen) atoms. The summed E-state index contributed by atoms with van der Waals surface area (Å²) in [6.07, 6.45) is 4.02. The first-order chi connectivity index (χ1) is 4.99. The van der Waals surface area contributed by atoms with Gasteiger partial charge in [-0.25, -0.2) is 0 Å². The van der Waals surface area contributed by atoms with Crippen molar-refractivity contribution in [2.24, 2.45) is 11.1 Å². The van der Waals surface area contributed by atoms with E-state index in [2.05, 4.69) is 26.6 Å². The maximum absolute atomic E-state index is 6.74. The monoisotopic (exact) mass is 152 g/mol. The average Bonchev–Trinajstić information content (AvgIpc) is 1.84. The molecule has 0 bridgehead atoms. The van der Waals surface area contributed by atoms with Crippen LogP contribution in [-0.4, -0.2) is 5.87 Å². The molecule has 0 fully saturated rings. The third-order valence-electron chi connectivity index (χ3n) is 1.21. The maximum atomic E-state index is 6.74. The molecule has 0 atom stereocenters. The Morgan fingerprint density at radius 2 is 2.09 bits per heavy atom. The topological polar surface area (TPSA) is 49.9 Å². The first-order valence-corrected chi connectivity index (χ1v) is 3.66. The third-order valence-corrected chi connectivity index (χ3v) is 1.21. The smallest absolute Gasteiger partial charge is 0.00364 e.